The molecule has 3 rings (SSSR count). The molecule has 0 bridgehead atoms. The number of para-hydroxylation sites is 1. The maximum atomic E-state index is 4.81. The highest BCUT2D eigenvalue weighted by Gasteiger charge is 2.22. The van der Waals surface area contributed by atoms with Crippen molar-refractivity contribution in [1.29, 1.82) is 0 Å². The van der Waals surface area contributed by atoms with Gasteiger partial charge in [-0.25, -0.2) is 0 Å². The second-order valence-corrected chi connectivity index (χ2v) is 5.90. The highest BCUT2D eigenvalue weighted by molar-refractivity contribution is 5.97. The summed E-state index contributed by atoms with van der Waals surface area (Å²) in [4.78, 5) is 7.11. The van der Waals surface area contributed by atoms with Gasteiger partial charge in [0.1, 0.15) is 0 Å². The fourth-order valence-electron chi connectivity index (χ4n) is 2.96. The maximum Gasteiger partial charge on any atom is 0.198 e. The molecule has 2 heterocycles. The topological polar surface area (TPSA) is 45.5 Å². The Labute approximate surface area is 138 Å². The van der Waals surface area contributed by atoms with Crippen LogP contribution in [0, 0.1) is 6.92 Å². The van der Waals surface area contributed by atoms with E-state index in [0.29, 0.717) is 0 Å². The van der Waals surface area contributed by atoms with Crippen LogP contribution in [-0.4, -0.2) is 35.4 Å². The zero-order valence-electron chi connectivity index (χ0n) is 14.0. The predicted octanol–water partition coefficient (Wildman–Crippen LogP) is 2.61. The van der Waals surface area contributed by atoms with E-state index in [9.17, 15) is 0 Å². The molecular weight excluding hydrogens is 286 g/mol. The van der Waals surface area contributed by atoms with E-state index in [-0.39, 0.29) is 0 Å². The van der Waals surface area contributed by atoms with Crippen molar-refractivity contribution in [2.75, 3.05) is 24.5 Å². The van der Waals surface area contributed by atoms with Gasteiger partial charge in [0.25, 0.3) is 0 Å². The first-order valence-electron chi connectivity index (χ1n) is 8.40. The highest BCUT2D eigenvalue weighted by atomic mass is 15.3. The fraction of sp³-hybridized carbons (Fsp3) is 0.444. The van der Waals surface area contributed by atoms with Gasteiger partial charge < -0.3 is 10.2 Å². The van der Waals surface area contributed by atoms with Crippen LogP contribution in [0.1, 0.15) is 24.5 Å². The molecule has 0 spiro atoms. The molecule has 1 N–H and O–H groups in total. The average molecular weight is 311 g/mol. The van der Waals surface area contributed by atoms with Gasteiger partial charge in [0.05, 0.1) is 6.20 Å². The predicted molar refractivity (Wildman–Crippen MR) is 95.1 cm³/mol. The second-order valence-electron chi connectivity index (χ2n) is 5.90. The van der Waals surface area contributed by atoms with Crippen molar-refractivity contribution in [3.05, 3.63) is 47.8 Å². The quantitative estimate of drug-likeness (QED) is 0.524. The van der Waals surface area contributed by atoms with Gasteiger partial charge in [-0.2, -0.15) is 5.10 Å². The fourth-order valence-corrected chi connectivity index (χ4v) is 2.96. The molecule has 0 saturated carbocycles. The van der Waals surface area contributed by atoms with Crippen molar-refractivity contribution in [1.82, 2.24) is 15.1 Å². The molecule has 0 fully saturated rings. The number of aliphatic imine (C=N–C) groups is 1. The summed E-state index contributed by atoms with van der Waals surface area (Å²) in [5.41, 5.74) is 3.90. The van der Waals surface area contributed by atoms with Crippen molar-refractivity contribution in [2.24, 2.45) is 4.99 Å². The van der Waals surface area contributed by atoms with E-state index in [1.807, 2.05) is 10.9 Å². The monoisotopic (exact) mass is 311 g/mol. The first-order chi connectivity index (χ1) is 11.3. The van der Waals surface area contributed by atoms with Crippen molar-refractivity contribution >= 4 is 11.6 Å². The van der Waals surface area contributed by atoms with Crippen LogP contribution in [0.4, 0.5) is 5.69 Å². The molecule has 0 radical (unpaired) electrons. The Morgan fingerprint density at radius 2 is 2.22 bits per heavy atom. The van der Waals surface area contributed by atoms with Crippen LogP contribution in [-0.2, 0) is 13.0 Å². The van der Waals surface area contributed by atoms with Crippen LogP contribution in [0.5, 0.6) is 0 Å². The third kappa shape index (κ3) is 3.73. The third-order valence-electron chi connectivity index (χ3n) is 4.05. The number of aryl methyl sites for hydroxylation is 2. The van der Waals surface area contributed by atoms with E-state index < -0.39 is 0 Å². The molecule has 0 amide bonds. The van der Waals surface area contributed by atoms with Crippen LogP contribution in [0.15, 0.2) is 41.7 Å². The Morgan fingerprint density at radius 3 is 3.00 bits per heavy atom. The van der Waals surface area contributed by atoms with Gasteiger partial charge in [-0.1, -0.05) is 18.2 Å². The van der Waals surface area contributed by atoms with Crippen molar-refractivity contribution in [3.8, 4) is 0 Å². The van der Waals surface area contributed by atoms with E-state index in [1.54, 1.807) is 0 Å². The number of nitrogens with one attached hydrogen (secondary N) is 1. The Hall–Kier alpha value is -2.30. The van der Waals surface area contributed by atoms with Crippen molar-refractivity contribution in [2.45, 2.75) is 33.2 Å². The Kier molecular flexibility index (Phi) is 4.95. The van der Waals surface area contributed by atoms with Gasteiger partial charge in [0.2, 0.25) is 0 Å². The summed E-state index contributed by atoms with van der Waals surface area (Å²) in [6, 6.07) is 8.60. The number of aromatic nitrogens is 2. The molecule has 0 atom stereocenters. The number of benzene rings is 1. The summed E-state index contributed by atoms with van der Waals surface area (Å²) in [5.74, 6) is 0.995. The number of nitrogens with zero attached hydrogens (tertiary/aromatic N) is 4. The minimum Gasteiger partial charge on any atom is -0.356 e. The van der Waals surface area contributed by atoms with Crippen LogP contribution in [0.3, 0.4) is 0 Å². The lowest BCUT2D eigenvalue weighted by molar-refractivity contribution is 0.584. The number of hydrogen-bond donors (Lipinski definition) is 1. The normalized spacial score (nSPS) is 14.2. The Bertz CT molecular complexity index is 674. The Balaban J connectivity index is 1.62. The molecule has 1 aliphatic rings. The van der Waals surface area contributed by atoms with Crippen molar-refractivity contribution < 1.29 is 0 Å². The SMILES string of the molecule is CCNC(=NCCCn1cc(C)cn1)N1CCc2ccccc21. The Morgan fingerprint density at radius 1 is 1.35 bits per heavy atom. The summed E-state index contributed by atoms with van der Waals surface area (Å²) >= 11 is 0. The second kappa shape index (κ2) is 7.31. The van der Waals surface area contributed by atoms with Gasteiger partial charge in [-0.05, 0) is 43.9 Å². The number of hydrogen-bond acceptors (Lipinski definition) is 2. The lowest BCUT2D eigenvalue weighted by Gasteiger charge is -2.22. The van der Waals surface area contributed by atoms with Gasteiger partial charge in [-0.15, -0.1) is 0 Å². The van der Waals surface area contributed by atoms with Gasteiger partial charge in [0.15, 0.2) is 5.96 Å². The maximum absolute atomic E-state index is 4.81. The van der Waals surface area contributed by atoms with Crippen LogP contribution < -0.4 is 10.2 Å². The molecule has 2 aromatic rings. The minimum atomic E-state index is 0.805. The van der Waals surface area contributed by atoms with Gasteiger partial charge >= 0.3 is 0 Å². The lowest BCUT2D eigenvalue weighted by atomic mass is 10.2. The van der Waals surface area contributed by atoms with Crippen LogP contribution in [0.25, 0.3) is 0 Å². The molecule has 23 heavy (non-hydrogen) atoms. The molecule has 0 saturated heterocycles. The van der Waals surface area contributed by atoms with E-state index >= 15 is 0 Å². The van der Waals surface area contributed by atoms with Crippen LogP contribution in [0.2, 0.25) is 0 Å². The summed E-state index contributed by atoms with van der Waals surface area (Å²) in [7, 11) is 0. The minimum absolute atomic E-state index is 0.805. The number of fused-ring (bicyclic) bond motifs is 1. The summed E-state index contributed by atoms with van der Waals surface area (Å²) in [6.07, 6.45) is 6.05. The highest BCUT2D eigenvalue weighted by Crippen LogP contribution is 2.27. The molecule has 0 aliphatic carbocycles. The van der Waals surface area contributed by atoms with E-state index in [0.717, 1.165) is 45.0 Å². The lowest BCUT2D eigenvalue weighted by Crippen LogP contribution is -2.40. The molecule has 1 aromatic carbocycles. The number of guanidine groups is 1. The number of anilines is 1. The van der Waals surface area contributed by atoms with E-state index in [1.165, 1.54) is 16.8 Å². The molecule has 122 valence electrons. The van der Waals surface area contributed by atoms with Gasteiger partial charge in [-0.3, -0.25) is 9.67 Å². The molecule has 1 aromatic heterocycles. The van der Waals surface area contributed by atoms with Crippen LogP contribution >= 0.6 is 0 Å². The molecule has 5 nitrogen and oxygen atoms in total. The number of rotatable bonds is 5. The smallest absolute Gasteiger partial charge is 0.198 e. The van der Waals surface area contributed by atoms with E-state index in [4.69, 9.17) is 4.99 Å². The molecular formula is C18H25N5. The first-order valence-corrected chi connectivity index (χ1v) is 8.40. The third-order valence-corrected chi connectivity index (χ3v) is 4.05. The molecule has 1 aliphatic heterocycles. The summed E-state index contributed by atoms with van der Waals surface area (Å²) < 4.78 is 1.99. The largest absolute Gasteiger partial charge is 0.356 e. The van der Waals surface area contributed by atoms with Gasteiger partial charge in [0, 0.05) is 38.1 Å². The first kappa shape index (κ1) is 15.6. The zero-order valence-corrected chi connectivity index (χ0v) is 14.0. The molecule has 5 heteroatoms. The molecule has 0 unspecified atom stereocenters. The van der Waals surface area contributed by atoms with Crippen molar-refractivity contribution in [3.63, 3.8) is 0 Å². The zero-order chi connectivity index (χ0) is 16.1. The van der Waals surface area contributed by atoms with E-state index in [2.05, 4.69) is 59.6 Å². The standard InChI is InChI=1S/C18H25N5/c1-3-19-18(20-10-6-11-22-14-15(2)13-21-22)23-12-9-16-7-4-5-8-17(16)23/h4-5,7-8,13-14H,3,6,9-12H2,1-2H3,(H,19,20). The summed E-state index contributed by atoms with van der Waals surface area (Å²) in [5, 5.41) is 7.74. The average Bonchev–Trinajstić information content (AvgIpc) is 3.17. The summed E-state index contributed by atoms with van der Waals surface area (Å²) in [6.45, 7) is 7.78.